The molecule has 2 rings (SSSR count). The van der Waals surface area contributed by atoms with Gasteiger partial charge in [-0.2, -0.15) is 0 Å². The molecule has 3 atom stereocenters. The number of aromatic carboxylic acids is 1. The summed E-state index contributed by atoms with van der Waals surface area (Å²) in [5.74, 6) is -0.375. The van der Waals surface area contributed by atoms with Crippen molar-refractivity contribution in [3.05, 3.63) is 29.8 Å². The van der Waals surface area contributed by atoms with Gasteiger partial charge in [0.25, 0.3) is 0 Å². The average molecular weight is 311 g/mol. The van der Waals surface area contributed by atoms with Crippen LogP contribution in [0.25, 0.3) is 0 Å². The Morgan fingerprint density at radius 2 is 2.00 bits per heavy atom. The Hall–Kier alpha value is -1.40. The lowest BCUT2D eigenvalue weighted by Gasteiger charge is -2.34. The van der Waals surface area contributed by atoms with Crippen molar-refractivity contribution in [2.75, 3.05) is 0 Å². The zero-order chi connectivity index (χ0) is 15.6. The average Bonchev–Trinajstić information content (AvgIpc) is 2.44. The van der Waals surface area contributed by atoms with Gasteiger partial charge >= 0.3 is 5.97 Å². The van der Waals surface area contributed by atoms with Crippen molar-refractivity contribution in [3.8, 4) is 0 Å². The van der Waals surface area contributed by atoms with Crippen molar-refractivity contribution < 1.29 is 18.3 Å². The van der Waals surface area contributed by atoms with E-state index < -0.39 is 16.0 Å². The van der Waals surface area contributed by atoms with Crippen molar-refractivity contribution >= 4 is 16.0 Å². The van der Waals surface area contributed by atoms with Gasteiger partial charge in [0.15, 0.2) is 0 Å². The first-order valence-corrected chi connectivity index (χ1v) is 8.65. The molecule has 0 aromatic heterocycles. The van der Waals surface area contributed by atoms with Crippen LogP contribution in [0.3, 0.4) is 0 Å². The molecule has 0 saturated heterocycles. The number of sulfonamides is 1. The van der Waals surface area contributed by atoms with E-state index in [9.17, 15) is 13.2 Å². The van der Waals surface area contributed by atoms with Gasteiger partial charge in [-0.3, -0.25) is 0 Å². The van der Waals surface area contributed by atoms with Gasteiger partial charge in [-0.05, 0) is 36.5 Å². The molecule has 2 N–H and O–H groups in total. The summed E-state index contributed by atoms with van der Waals surface area (Å²) < 4.78 is 27.6. The third-order valence-electron chi connectivity index (χ3n) is 4.40. The molecule has 1 fully saturated rings. The largest absolute Gasteiger partial charge is 0.478 e. The van der Waals surface area contributed by atoms with Crippen molar-refractivity contribution in [2.45, 2.75) is 44.0 Å². The molecule has 0 bridgehead atoms. The first kappa shape index (κ1) is 16.0. The standard InChI is InChI=1S/C15H21NO4S/c1-10-5-3-8-14(11(10)2)16-21(19,20)13-7-4-6-12(9-13)15(17)18/h4,6-7,9-11,14,16H,3,5,8H2,1-2H3,(H,17,18)/t10-,11-,14-/m1/s1. The monoisotopic (exact) mass is 311 g/mol. The van der Waals surface area contributed by atoms with Crippen LogP contribution in [-0.4, -0.2) is 25.5 Å². The van der Waals surface area contributed by atoms with E-state index in [1.165, 1.54) is 24.3 Å². The lowest BCUT2D eigenvalue weighted by Crippen LogP contribution is -2.43. The second-order valence-corrected chi connectivity index (χ2v) is 7.54. The molecule has 1 aromatic rings. The molecular weight excluding hydrogens is 290 g/mol. The van der Waals surface area contributed by atoms with Gasteiger partial charge in [0.1, 0.15) is 0 Å². The summed E-state index contributed by atoms with van der Waals surface area (Å²) >= 11 is 0. The highest BCUT2D eigenvalue weighted by atomic mass is 32.2. The molecular formula is C15H21NO4S. The summed E-state index contributed by atoms with van der Waals surface area (Å²) in [6.07, 6.45) is 2.95. The highest BCUT2D eigenvalue weighted by molar-refractivity contribution is 7.89. The minimum atomic E-state index is -3.69. The van der Waals surface area contributed by atoms with Crippen LogP contribution in [0.5, 0.6) is 0 Å². The molecule has 0 unspecified atom stereocenters. The van der Waals surface area contributed by atoms with Crippen LogP contribution in [0, 0.1) is 11.8 Å². The van der Waals surface area contributed by atoms with Crippen molar-refractivity contribution in [3.63, 3.8) is 0 Å². The molecule has 0 radical (unpaired) electrons. The Morgan fingerprint density at radius 1 is 1.29 bits per heavy atom. The number of nitrogens with one attached hydrogen (secondary N) is 1. The number of benzene rings is 1. The zero-order valence-electron chi connectivity index (χ0n) is 12.2. The molecule has 116 valence electrons. The maximum atomic E-state index is 12.4. The SMILES string of the molecule is C[C@@H]1[C@H](C)CCC[C@H]1NS(=O)(=O)c1cccc(C(=O)O)c1. The fourth-order valence-corrected chi connectivity index (χ4v) is 4.22. The molecule has 5 nitrogen and oxygen atoms in total. The minimum absolute atomic E-state index is 0.00725. The summed E-state index contributed by atoms with van der Waals surface area (Å²) in [5, 5.41) is 8.96. The highest BCUT2D eigenvalue weighted by Gasteiger charge is 2.30. The maximum absolute atomic E-state index is 12.4. The molecule has 0 heterocycles. The van der Waals surface area contributed by atoms with Crippen molar-refractivity contribution in [2.24, 2.45) is 11.8 Å². The highest BCUT2D eigenvalue weighted by Crippen LogP contribution is 2.30. The van der Waals surface area contributed by atoms with Crippen molar-refractivity contribution in [1.29, 1.82) is 0 Å². The third kappa shape index (κ3) is 3.63. The Kier molecular flexibility index (Phi) is 4.68. The van der Waals surface area contributed by atoms with Gasteiger partial charge in [-0.1, -0.05) is 32.8 Å². The van der Waals surface area contributed by atoms with E-state index in [0.29, 0.717) is 5.92 Å². The Bertz CT molecular complexity index is 626. The molecule has 1 aliphatic carbocycles. The van der Waals surface area contributed by atoms with Crippen LogP contribution in [0.2, 0.25) is 0 Å². The Morgan fingerprint density at radius 3 is 2.67 bits per heavy atom. The van der Waals surface area contributed by atoms with Gasteiger partial charge < -0.3 is 5.11 Å². The molecule has 1 aromatic carbocycles. The van der Waals surface area contributed by atoms with E-state index >= 15 is 0 Å². The zero-order valence-corrected chi connectivity index (χ0v) is 13.1. The van der Waals surface area contributed by atoms with Crippen LogP contribution < -0.4 is 4.72 Å². The van der Waals surface area contributed by atoms with Gasteiger partial charge in [-0.25, -0.2) is 17.9 Å². The van der Waals surface area contributed by atoms with Crippen LogP contribution >= 0.6 is 0 Å². The first-order valence-electron chi connectivity index (χ1n) is 7.17. The lowest BCUT2D eigenvalue weighted by atomic mass is 9.78. The number of hydrogen-bond donors (Lipinski definition) is 2. The second kappa shape index (κ2) is 6.15. The smallest absolute Gasteiger partial charge is 0.335 e. The van der Waals surface area contributed by atoms with Gasteiger partial charge in [-0.15, -0.1) is 0 Å². The van der Waals surface area contributed by atoms with E-state index in [2.05, 4.69) is 18.6 Å². The fourth-order valence-electron chi connectivity index (χ4n) is 2.81. The van der Waals surface area contributed by atoms with E-state index in [0.717, 1.165) is 19.3 Å². The van der Waals surface area contributed by atoms with Crippen LogP contribution in [0.4, 0.5) is 0 Å². The van der Waals surface area contributed by atoms with Gasteiger partial charge in [0.05, 0.1) is 10.5 Å². The molecule has 0 aliphatic heterocycles. The predicted molar refractivity (Wildman–Crippen MR) is 79.7 cm³/mol. The maximum Gasteiger partial charge on any atom is 0.335 e. The van der Waals surface area contributed by atoms with E-state index in [1.54, 1.807) is 0 Å². The summed E-state index contributed by atoms with van der Waals surface area (Å²) in [7, 11) is -3.69. The Balaban J connectivity index is 2.22. The molecule has 0 amide bonds. The molecule has 1 saturated carbocycles. The van der Waals surface area contributed by atoms with Crippen LogP contribution in [-0.2, 0) is 10.0 Å². The van der Waals surface area contributed by atoms with Gasteiger partial charge in [0.2, 0.25) is 10.0 Å². The molecule has 0 spiro atoms. The van der Waals surface area contributed by atoms with Crippen LogP contribution in [0.15, 0.2) is 29.2 Å². The first-order chi connectivity index (χ1) is 9.81. The Labute approximate surface area is 125 Å². The number of carboxylic acids is 1. The van der Waals surface area contributed by atoms with Gasteiger partial charge in [0, 0.05) is 6.04 Å². The molecule has 6 heteroatoms. The van der Waals surface area contributed by atoms with E-state index in [4.69, 9.17) is 5.11 Å². The van der Waals surface area contributed by atoms with Crippen molar-refractivity contribution in [1.82, 2.24) is 4.72 Å². The summed E-state index contributed by atoms with van der Waals surface area (Å²) in [6.45, 7) is 4.20. The summed E-state index contributed by atoms with van der Waals surface area (Å²) in [6, 6.07) is 5.36. The minimum Gasteiger partial charge on any atom is -0.478 e. The number of rotatable bonds is 4. The third-order valence-corrected chi connectivity index (χ3v) is 5.89. The number of carboxylic acid groups (broad SMARTS) is 1. The quantitative estimate of drug-likeness (QED) is 0.895. The van der Waals surface area contributed by atoms with Crippen LogP contribution in [0.1, 0.15) is 43.5 Å². The van der Waals surface area contributed by atoms with E-state index in [1.807, 2.05) is 0 Å². The fraction of sp³-hybridized carbons (Fsp3) is 0.533. The predicted octanol–water partition coefficient (Wildman–Crippen LogP) is 2.49. The summed E-state index contributed by atoms with van der Waals surface area (Å²) in [4.78, 5) is 11.0. The lowest BCUT2D eigenvalue weighted by molar-refractivity contribution is 0.0696. The topological polar surface area (TPSA) is 83.5 Å². The molecule has 21 heavy (non-hydrogen) atoms. The number of hydrogen-bond acceptors (Lipinski definition) is 3. The second-order valence-electron chi connectivity index (χ2n) is 5.83. The normalized spacial score (nSPS) is 26.5. The number of carbonyl (C=O) groups is 1. The van der Waals surface area contributed by atoms with E-state index in [-0.39, 0.29) is 22.4 Å². The summed E-state index contributed by atoms with van der Waals surface area (Å²) in [5.41, 5.74) is -0.0251. The molecule has 1 aliphatic rings.